The molecular formula is C16H15F4N3O3. The van der Waals surface area contributed by atoms with Crippen LogP contribution in [0.3, 0.4) is 0 Å². The van der Waals surface area contributed by atoms with Gasteiger partial charge >= 0.3 is 17.8 Å². The molecule has 26 heavy (non-hydrogen) atoms. The minimum Gasteiger partial charge on any atom is -0.467 e. The second-order valence-corrected chi connectivity index (χ2v) is 6.00. The second kappa shape index (κ2) is 6.58. The molecule has 0 N–H and O–H groups in total. The SMILES string of the molecule is COC(=O)[C@H]1CCCc2nn(Cc3cc(F)cc(C(F)(F)F)c3)c(=O)n21. The Kier molecular flexibility index (Phi) is 4.59. The fourth-order valence-electron chi connectivity index (χ4n) is 3.07. The van der Waals surface area contributed by atoms with Crippen molar-refractivity contribution in [3.63, 3.8) is 0 Å². The fourth-order valence-corrected chi connectivity index (χ4v) is 3.07. The van der Waals surface area contributed by atoms with E-state index in [-0.39, 0.29) is 12.1 Å². The first-order chi connectivity index (χ1) is 12.2. The highest BCUT2D eigenvalue weighted by Crippen LogP contribution is 2.30. The molecule has 10 heteroatoms. The van der Waals surface area contributed by atoms with E-state index in [0.717, 1.165) is 16.8 Å². The molecule has 2 aromatic rings. The number of methoxy groups -OCH3 is 1. The van der Waals surface area contributed by atoms with E-state index in [1.165, 1.54) is 11.7 Å². The van der Waals surface area contributed by atoms with E-state index in [4.69, 9.17) is 0 Å². The number of fused-ring (bicyclic) bond motifs is 1. The van der Waals surface area contributed by atoms with Crippen LogP contribution in [0.25, 0.3) is 0 Å². The molecule has 0 amide bonds. The highest BCUT2D eigenvalue weighted by atomic mass is 19.4. The van der Waals surface area contributed by atoms with Gasteiger partial charge in [0.25, 0.3) is 0 Å². The molecule has 3 rings (SSSR count). The molecule has 1 aliphatic heterocycles. The van der Waals surface area contributed by atoms with Crippen LogP contribution in [0.5, 0.6) is 0 Å². The molecule has 6 nitrogen and oxygen atoms in total. The van der Waals surface area contributed by atoms with Gasteiger partial charge in [-0.25, -0.2) is 18.7 Å². The first kappa shape index (κ1) is 18.2. The minimum absolute atomic E-state index is 0.0514. The molecule has 1 aromatic heterocycles. The number of aromatic nitrogens is 3. The third kappa shape index (κ3) is 3.35. The number of hydrogen-bond acceptors (Lipinski definition) is 4. The first-order valence-corrected chi connectivity index (χ1v) is 7.83. The maximum atomic E-state index is 13.5. The number of carbonyl (C=O) groups is 1. The van der Waals surface area contributed by atoms with E-state index in [1.54, 1.807) is 0 Å². The molecule has 1 aromatic carbocycles. The molecule has 140 valence electrons. The number of ether oxygens (including phenoxy) is 1. The molecular weight excluding hydrogens is 358 g/mol. The zero-order chi connectivity index (χ0) is 19.1. The summed E-state index contributed by atoms with van der Waals surface area (Å²) in [5.41, 5.74) is -1.84. The number of esters is 1. The summed E-state index contributed by atoms with van der Waals surface area (Å²) < 4.78 is 58.8. The number of nitrogens with zero attached hydrogens (tertiary/aromatic N) is 3. The Morgan fingerprint density at radius 1 is 1.35 bits per heavy atom. The maximum absolute atomic E-state index is 13.5. The number of aryl methyl sites for hydroxylation is 1. The van der Waals surface area contributed by atoms with Gasteiger partial charge in [0.05, 0.1) is 19.2 Å². The summed E-state index contributed by atoms with van der Waals surface area (Å²) in [5.74, 6) is -1.29. The van der Waals surface area contributed by atoms with Crippen LogP contribution in [0.15, 0.2) is 23.0 Å². The molecule has 1 aliphatic rings. The van der Waals surface area contributed by atoms with Gasteiger partial charge in [-0.2, -0.15) is 18.3 Å². The Morgan fingerprint density at radius 2 is 2.08 bits per heavy atom. The third-order valence-corrected chi connectivity index (χ3v) is 4.22. The van der Waals surface area contributed by atoms with Gasteiger partial charge < -0.3 is 4.74 Å². The summed E-state index contributed by atoms with van der Waals surface area (Å²) in [4.78, 5) is 24.4. The van der Waals surface area contributed by atoms with Crippen LogP contribution in [0.2, 0.25) is 0 Å². The lowest BCUT2D eigenvalue weighted by atomic mass is 10.1. The van der Waals surface area contributed by atoms with Crippen LogP contribution in [0.4, 0.5) is 17.6 Å². The van der Waals surface area contributed by atoms with E-state index in [2.05, 4.69) is 9.84 Å². The Balaban J connectivity index is 1.98. The van der Waals surface area contributed by atoms with Gasteiger partial charge in [0.15, 0.2) is 0 Å². The number of carbonyl (C=O) groups excluding carboxylic acids is 1. The molecule has 0 bridgehead atoms. The Labute approximate surface area is 145 Å². The van der Waals surface area contributed by atoms with Gasteiger partial charge in [-0.3, -0.25) is 4.57 Å². The summed E-state index contributed by atoms with van der Waals surface area (Å²) in [6.07, 6.45) is -3.23. The predicted octanol–water partition coefficient (Wildman–Crippen LogP) is 2.30. The Bertz CT molecular complexity index is 901. The van der Waals surface area contributed by atoms with Crippen molar-refractivity contribution in [3.05, 3.63) is 51.5 Å². The van der Waals surface area contributed by atoms with Crippen molar-refractivity contribution in [1.82, 2.24) is 14.3 Å². The Morgan fingerprint density at radius 3 is 2.73 bits per heavy atom. The molecule has 0 saturated carbocycles. The van der Waals surface area contributed by atoms with Crippen molar-refractivity contribution in [3.8, 4) is 0 Å². The van der Waals surface area contributed by atoms with E-state index in [0.29, 0.717) is 31.2 Å². The van der Waals surface area contributed by atoms with Gasteiger partial charge in [0.1, 0.15) is 17.7 Å². The third-order valence-electron chi connectivity index (χ3n) is 4.22. The summed E-state index contributed by atoms with van der Waals surface area (Å²) in [5, 5.41) is 4.09. The molecule has 0 fully saturated rings. The lowest BCUT2D eigenvalue weighted by Gasteiger charge is -2.20. The maximum Gasteiger partial charge on any atom is 0.416 e. The van der Waals surface area contributed by atoms with Crippen LogP contribution < -0.4 is 5.69 Å². The highest BCUT2D eigenvalue weighted by Gasteiger charge is 2.33. The summed E-state index contributed by atoms with van der Waals surface area (Å²) in [7, 11) is 1.21. The molecule has 0 unspecified atom stereocenters. The Hall–Kier alpha value is -2.65. The lowest BCUT2D eigenvalue weighted by molar-refractivity contribution is -0.145. The highest BCUT2D eigenvalue weighted by molar-refractivity contribution is 5.74. The number of rotatable bonds is 3. The van der Waals surface area contributed by atoms with Crippen molar-refractivity contribution < 1.29 is 27.1 Å². The van der Waals surface area contributed by atoms with Gasteiger partial charge in [0.2, 0.25) is 0 Å². The van der Waals surface area contributed by atoms with Crippen LogP contribution in [0.1, 0.15) is 35.8 Å². The molecule has 0 radical (unpaired) electrons. The van der Waals surface area contributed by atoms with Gasteiger partial charge in [0, 0.05) is 6.42 Å². The number of halogens is 4. The monoisotopic (exact) mass is 373 g/mol. The van der Waals surface area contributed by atoms with Crippen molar-refractivity contribution in [2.75, 3.05) is 7.11 Å². The molecule has 0 spiro atoms. The van der Waals surface area contributed by atoms with Crippen molar-refractivity contribution in [2.24, 2.45) is 0 Å². The largest absolute Gasteiger partial charge is 0.467 e. The number of hydrogen-bond donors (Lipinski definition) is 0. The topological polar surface area (TPSA) is 66.1 Å². The average Bonchev–Trinajstić information content (AvgIpc) is 2.89. The van der Waals surface area contributed by atoms with Crippen LogP contribution in [-0.4, -0.2) is 27.4 Å². The quantitative estimate of drug-likeness (QED) is 0.612. The van der Waals surface area contributed by atoms with E-state index in [1.807, 2.05) is 0 Å². The second-order valence-electron chi connectivity index (χ2n) is 6.00. The zero-order valence-electron chi connectivity index (χ0n) is 13.7. The van der Waals surface area contributed by atoms with Gasteiger partial charge in [-0.05, 0) is 36.6 Å². The molecule has 2 heterocycles. The van der Waals surface area contributed by atoms with E-state index in [9.17, 15) is 27.2 Å². The van der Waals surface area contributed by atoms with Crippen molar-refractivity contribution in [2.45, 2.75) is 38.0 Å². The summed E-state index contributed by atoms with van der Waals surface area (Å²) in [6.45, 7) is -0.340. The van der Waals surface area contributed by atoms with E-state index < -0.39 is 35.3 Å². The normalized spacial score (nSPS) is 17.0. The number of benzene rings is 1. The van der Waals surface area contributed by atoms with Crippen LogP contribution in [-0.2, 0) is 28.7 Å². The first-order valence-electron chi connectivity index (χ1n) is 7.83. The van der Waals surface area contributed by atoms with Crippen LogP contribution >= 0.6 is 0 Å². The van der Waals surface area contributed by atoms with Crippen molar-refractivity contribution >= 4 is 5.97 Å². The zero-order valence-corrected chi connectivity index (χ0v) is 13.7. The smallest absolute Gasteiger partial charge is 0.416 e. The summed E-state index contributed by atoms with van der Waals surface area (Å²) in [6, 6.07) is 1.25. The van der Waals surface area contributed by atoms with Crippen LogP contribution in [0, 0.1) is 5.82 Å². The van der Waals surface area contributed by atoms with E-state index >= 15 is 0 Å². The lowest BCUT2D eigenvalue weighted by Crippen LogP contribution is -2.35. The molecule has 1 atom stereocenters. The summed E-state index contributed by atoms with van der Waals surface area (Å²) >= 11 is 0. The molecule has 0 aliphatic carbocycles. The molecule has 0 saturated heterocycles. The van der Waals surface area contributed by atoms with Gasteiger partial charge in [-0.1, -0.05) is 0 Å². The number of alkyl halides is 3. The van der Waals surface area contributed by atoms with Gasteiger partial charge in [-0.15, -0.1) is 0 Å². The van der Waals surface area contributed by atoms with Crippen molar-refractivity contribution in [1.29, 1.82) is 0 Å². The predicted molar refractivity (Wildman–Crippen MR) is 81.0 cm³/mol. The average molecular weight is 373 g/mol. The standard InChI is InChI=1S/C16H15F4N3O3/c1-26-14(24)12-3-2-4-13-21-22(15(25)23(12)13)8-9-5-10(16(18,19)20)7-11(17)6-9/h5-7,12H,2-4,8H2,1H3/t12-/m1/s1. The minimum atomic E-state index is -4.70. The fraction of sp³-hybridized carbons (Fsp3) is 0.438.